The summed E-state index contributed by atoms with van der Waals surface area (Å²) in [6.45, 7) is 2.06. The van der Waals surface area contributed by atoms with Gasteiger partial charge in [-0.1, -0.05) is 19.4 Å². The molecular formula is C10H13BrFN. The van der Waals surface area contributed by atoms with Crippen LogP contribution in [0.1, 0.15) is 31.4 Å². The summed E-state index contributed by atoms with van der Waals surface area (Å²) < 4.78 is 13.6. The second kappa shape index (κ2) is 4.72. The van der Waals surface area contributed by atoms with Crippen molar-refractivity contribution in [3.05, 3.63) is 34.1 Å². The third kappa shape index (κ3) is 2.78. The molecule has 1 atom stereocenters. The Bertz CT molecular complexity index is 288. The Morgan fingerprint density at radius 1 is 1.54 bits per heavy atom. The van der Waals surface area contributed by atoms with Crippen LogP contribution in [0.5, 0.6) is 0 Å². The minimum atomic E-state index is -0.246. The third-order valence-corrected chi connectivity index (χ3v) is 2.61. The Kier molecular flexibility index (Phi) is 3.88. The lowest BCUT2D eigenvalue weighted by molar-refractivity contribution is 0.600. The molecule has 0 bridgehead atoms. The van der Waals surface area contributed by atoms with E-state index in [1.165, 1.54) is 6.07 Å². The lowest BCUT2D eigenvalue weighted by atomic mass is 10.0. The molecule has 0 radical (unpaired) electrons. The first kappa shape index (κ1) is 10.7. The largest absolute Gasteiger partial charge is 0.324 e. The summed E-state index contributed by atoms with van der Waals surface area (Å²) >= 11 is 3.10. The van der Waals surface area contributed by atoms with Crippen molar-refractivity contribution in [2.24, 2.45) is 5.73 Å². The normalized spacial score (nSPS) is 12.9. The van der Waals surface area contributed by atoms with E-state index < -0.39 is 0 Å². The summed E-state index contributed by atoms with van der Waals surface area (Å²) in [7, 11) is 0. The molecule has 0 spiro atoms. The molecule has 0 aliphatic rings. The minimum absolute atomic E-state index is 0.0485. The number of halogens is 2. The van der Waals surface area contributed by atoms with E-state index >= 15 is 0 Å². The lowest BCUT2D eigenvalue weighted by Gasteiger charge is -2.10. The van der Waals surface area contributed by atoms with Crippen LogP contribution in [0.15, 0.2) is 22.7 Å². The van der Waals surface area contributed by atoms with Gasteiger partial charge in [0, 0.05) is 6.04 Å². The summed E-state index contributed by atoms with van der Waals surface area (Å²) in [5, 5.41) is 0. The Balaban J connectivity index is 2.84. The Morgan fingerprint density at radius 3 is 2.77 bits per heavy atom. The highest BCUT2D eigenvalue weighted by Crippen LogP contribution is 2.21. The zero-order valence-electron chi connectivity index (χ0n) is 7.56. The smallest absolute Gasteiger partial charge is 0.137 e. The van der Waals surface area contributed by atoms with Crippen molar-refractivity contribution >= 4 is 15.9 Å². The van der Waals surface area contributed by atoms with Crippen molar-refractivity contribution in [3.8, 4) is 0 Å². The quantitative estimate of drug-likeness (QED) is 0.869. The molecule has 1 aromatic rings. The molecule has 3 heteroatoms. The van der Waals surface area contributed by atoms with E-state index in [9.17, 15) is 4.39 Å². The third-order valence-electron chi connectivity index (χ3n) is 1.97. The molecule has 1 nitrogen and oxygen atoms in total. The van der Waals surface area contributed by atoms with Crippen LogP contribution < -0.4 is 5.73 Å². The molecule has 13 heavy (non-hydrogen) atoms. The van der Waals surface area contributed by atoms with Gasteiger partial charge in [-0.05, 0) is 40.0 Å². The average molecular weight is 246 g/mol. The predicted molar refractivity (Wildman–Crippen MR) is 55.9 cm³/mol. The van der Waals surface area contributed by atoms with Gasteiger partial charge in [0.05, 0.1) is 4.47 Å². The van der Waals surface area contributed by atoms with Crippen LogP contribution >= 0.6 is 15.9 Å². The molecule has 0 aliphatic heterocycles. The first-order valence-electron chi connectivity index (χ1n) is 4.35. The fourth-order valence-electron chi connectivity index (χ4n) is 1.22. The van der Waals surface area contributed by atoms with E-state index in [4.69, 9.17) is 5.73 Å². The van der Waals surface area contributed by atoms with E-state index in [1.54, 1.807) is 6.07 Å². The summed E-state index contributed by atoms with van der Waals surface area (Å²) in [5.74, 6) is -0.246. The van der Waals surface area contributed by atoms with Gasteiger partial charge >= 0.3 is 0 Å². The Morgan fingerprint density at radius 2 is 2.23 bits per heavy atom. The van der Waals surface area contributed by atoms with Crippen LogP contribution in [0.2, 0.25) is 0 Å². The van der Waals surface area contributed by atoms with Gasteiger partial charge < -0.3 is 5.73 Å². The molecule has 72 valence electrons. The minimum Gasteiger partial charge on any atom is -0.324 e. The number of hydrogen-bond acceptors (Lipinski definition) is 1. The topological polar surface area (TPSA) is 26.0 Å². The SMILES string of the molecule is CCC[C@@H](N)c1ccc(Br)c(F)c1. The second-order valence-electron chi connectivity index (χ2n) is 3.07. The maximum Gasteiger partial charge on any atom is 0.137 e. The molecule has 0 aromatic heterocycles. The molecule has 0 saturated carbocycles. The molecule has 0 unspecified atom stereocenters. The first-order chi connectivity index (χ1) is 6.15. The molecular weight excluding hydrogens is 233 g/mol. The van der Waals surface area contributed by atoms with Gasteiger partial charge in [-0.3, -0.25) is 0 Å². The van der Waals surface area contributed by atoms with Crippen LogP contribution in [0.25, 0.3) is 0 Å². The van der Waals surface area contributed by atoms with Gasteiger partial charge in [0.2, 0.25) is 0 Å². The van der Waals surface area contributed by atoms with Crippen molar-refractivity contribution in [2.45, 2.75) is 25.8 Å². The van der Waals surface area contributed by atoms with Crippen LogP contribution in [0, 0.1) is 5.82 Å². The van der Waals surface area contributed by atoms with Gasteiger partial charge in [-0.15, -0.1) is 0 Å². The van der Waals surface area contributed by atoms with Gasteiger partial charge in [0.15, 0.2) is 0 Å². The van der Waals surface area contributed by atoms with Crippen molar-refractivity contribution in [1.82, 2.24) is 0 Å². The first-order valence-corrected chi connectivity index (χ1v) is 5.15. The number of rotatable bonds is 3. The standard InChI is InChI=1S/C10H13BrFN/c1-2-3-10(13)7-4-5-8(11)9(12)6-7/h4-6,10H,2-3,13H2,1H3/t10-/m1/s1. The zero-order valence-corrected chi connectivity index (χ0v) is 9.14. The highest BCUT2D eigenvalue weighted by atomic mass is 79.9. The monoisotopic (exact) mass is 245 g/mol. The summed E-state index contributed by atoms with van der Waals surface area (Å²) in [6, 6.07) is 4.99. The molecule has 0 fully saturated rings. The molecule has 2 N–H and O–H groups in total. The van der Waals surface area contributed by atoms with Gasteiger partial charge in [0.25, 0.3) is 0 Å². The van der Waals surface area contributed by atoms with Crippen molar-refractivity contribution in [3.63, 3.8) is 0 Å². The predicted octanol–water partition coefficient (Wildman–Crippen LogP) is 3.39. The van der Waals surface area contributed by atoms with Gasteiger partial charge in [-0.2, -0.15) is 0 Å². The van der Waals surface area contributed by atoms with E-state index in [2.05, 4.69) is 22.9 Å². The van der Waals surface area contributed by atoms with E-state index in [0.717, 1.165) is 18.4 Å². The second-order valence-corrected chi connectivity index (χ2v) is 3.92. The van der Waals surface area contributed by atoms with Gasteiger partial charge in [0.1, 0.15) is 5.82 Å². The van der Waals surface area contributed by atoms with E-state index in [1.807, 2.05) is 6.07 Å². The number of hydrogen-bond donors (Lipinski definition) is 1. The molecule has 0 amide bonds. The van der Waals surface area contributed by atoms with E-state index in [-0.39, 0.29) is 11.9 Å². The molecule has 1 aromatic carbocycles. The van der Waals surface area contributed by atoms with Crippen LogP contribution in [0.4, 0.5) is 4.39 Å². The lowest BCUT2D eigenvalue weighted by Crippen LogP contribution is -2.09. The summed E-state index contributed by atoms with van der Waals surface area (Å²) in [5.41, 5.74) is 6.71. The molecule has 0 heterocycles. The van der Waals surface area contributed by atoms with Crippen LogP contribution in [-0.4, -0.2) is 0 Å². The Hall–Kier alpha value is -0.410. The van der Waals surface area contributed by atoms with Crippen LogP contribution in [0.3, 0.4) is 0 Å². The highest BCUT2D eigenvalue weighted by Gasteiger charge is 2.07. The van der Waals surface area contributed by atoms with E-state index in [0.29, 0.717) is 4.47 Å². The van der Waals surface area contributed by atoms with Crippen molar-refractivity contribution < 1.29 is 4.39 Å². The highest BCUT2D eigenvalue weighted by molar-refractivity contribution is 9.10. The van der Waals surface area contributed by atoms with Crippen molar-refractivity contribution in [1.29, 1.82) is 0 Å². The maximum absolute atomic E-state index is 13.1. The zero-order chi connectivity index (χ0) is 9.84. The van der Waals surface area contributed by atoms with Crippen molar-refractivity contribution in [2.75, 3.05) is 0 Å². The summed E-state index contributed by atoms with van der Waals surface area (Å²) in [6.07, 6.45) is 1.90. The summed E-state index contributed by atoms with van der Waals surface area (Å²) in [4.78, 5) is 0. The molecule has 1 rings (SSSR count). The maximum atomic E-state index is 13.1. The average Bonchev–Trinajstić information content (AvgIpc) is 2.10. The van der Waals surface area contributed by atoms with Crippen LogP contribution in [-0.2, 0) is 0 Å². The Labute approximate surface area is 86.3 Å². The molecule has 0 aliphatic carbocycles. The fourth-order valence-corrected chi connectivity index (χ4v) is 1.47. The molecule has 0 saturated heterocycles. The van der Waals surface area contributed by atoms with Gasteiger partial charge in [-0.25, -0.2) is 4.39 Å². The fraction of sp³-hybridized carbons (Fsp3) is 0.400. The number of benzene rings is 1. The number of nitrogens with two attached hydrogens (primary N) is 1.